The van der Waals surface area contributed by atoms with Crippen LogP contribution in [0.1, 0.15) is 126 Å². The summed E-state index contributed by atoms with van der Waals surface area (Å²) in [7, 11) is 0. The van der Waals surface area contributed by atoms with Crippen LogP contribution < -0.4 is 0 Å². The Bertz CT molecular complexity index is 898. The molecule has 0 aromatic rings. The number of hydrogen-bond acceptors (Lipinski definition) is 7. The molecule has 0 bridgehead atoms. The molecule has 3 rings (SSSR count). The van der Waals surface area contributed by atoms with Crippen molar-refractivity contribution in [2.75, 3.05) is 6.61 Å². The van der Waals surface area contributed by atoms with E-state index in [4.69, 9.17) is 14.4 Å². The SMILES string of the molecule is C=C(C)CCC(CCC1CCC2/C(=C/C=C3/CCC(C)N(N=O)C3=C)CCCC12C)OC=O.CC(C)C.CCCO.OS. The first-order valence-electron chi connectivity index (χ1n) is 16.2. The van der Waals surface area contributed by atoms with Gasteiger partial charge < -0.3 is 14.4 Å². The lowest BCUT2D eigenvalue weighted by Gasteiger charge is -2.42. The van der Waals surface area contributed by atoms with E-state index >= 15 is 0 Å². The van der Waals surface area contributed by atoms with E-state index < -0.39 is 0 Å². The van der Waals surface area contributed by atoms with Crippen molar-refractivity contribution in [1.82, 2.24) is 5.01 Å². The predicted molar refractivity (Wildman–Crippen MR) is 184 cm³/mol. The van der Waals surface area contributed by atoms with Crippen LogP contribution in [-0.2, 0) is 9.53 Å². The Balaban J connectivity index is 0.00000154. The zero-order chi connectivity index (χ0) is 33.0. The molecule has 5 unspecified atom stereocenters. The van der Waals surface area contributed by atoms with Gasteiger partial charge in [0.25, 0.3) is 6.47 Å². The van der Waals surface area contributed by atoms with Crippen molar-refractivity contribution in [2.45, 2.75) is 138 Å². The third kappa shape index (κ3) is 14.2. The van der Waals surface area contributed by atoms with Crippen LogP contribution in [-0.4, -0.2) is 39.9 Å². The van der Waals surface area contributed by atoms with E-state index in [1.54, 1.807) is 5.57 Å². The van der Waals surface area contributed by atoms with Gasteiger partial charge in [-0.1, -0.05) is 64.5 Å². The fourth-order valence-corrected chi connectivity index (χ4v) is 6.53. The molecule has 0 amide bonds. The van der Waals surface area contributed by atoms with Gasteiger partial charge in [-0.05, 0) is 133 Å². The summed E-state index contributed by atoms with van der Waals surface area (Å²) in [4.78, 5) is 22.2. The van der Waals surface area contributed by atoms with Crippen LogP contribution in [0.25, 0.3) is 0 Å². The molecule has 8 heteroatoms. The second kappa shape index (κ2) is 22.6. The standard InChI is InChI=1S/C28H42N2O3.C4H10.C3H8O.H2OS/c1-20(2)8-15-26(33-19-31)16-13-25-14-17-27-24(7-6-18-28(25,27)5)12-11-23-10-9-21(3)30(29-32)22(23)4;1-4(2)3;1-2-3-4;1-2/h11-12,19,21,25-27H,1,4,6-10,13-18H2,2-3,5H3;4H,1-3H3;4H,2-3H2,1H3;1-2H/b23-11-,24-12+;;;. The van der Waals surface area contributed by atoms with Gasteiger partial charge in [-0.3, -0.25) is 4.79 Å². The first-order chi connectivity index (χ1) is 20.4. The van der Waals surface area contributed by atoms with Gasteiger partial charge in [-0.15, -0.1) is 11.5 Å². The first kappa shape index (κ1) is 41.1. The molecular formula is C35H62N2O5S. The minimum Gasteiger partial charge on any atom is -0.465 e. The monoisotopic (exact) mass is 622 g/mol. The highest BCUT2D eigenvalue weighted by molar-refractivity contribution is 7.74. The van der Waals surface area contributed by atoms with Crippen molar-refractivity contribution >= 4 is 19.4 Å². The molecule has 3 fully saturated rings. The summed E-state index contributed by atoms with van der Waals surface area (Å²) in [5.41, 5.74) is 4.89. The Hall–Kier alpha value is -1.90. The average molecular weight is 623 g/mol. The van der Waals surface area contributed by atoms with Crippen LogP contribution in [0.4, 0.5) is 0 Å². The third-order valence-corrected chi connectivity index (χ3v) is 8.85. The number of ether oxygens (including phenoxy) is 1. The Labute approximate surface area is 268 Å². The molecule has 2 aliphatic carbocycles. The summed E-state index contributed by atoms with van der Waals surface area (Å²) in [6.45, 7) is 24.0. The second-order valence-corrected chi connectivity index (χ2v) is 13.3. The molecule has 43 heavy (non-hydrogen) atoms. The van der Waals surface area contributed by atoms with E-state index in [1.807, 2.05) is 20.8 Å². The smallest absolute Gasteiger partial charge is 0.293 e. The maximum absolute atomic E-state index is 11.2. The summed E-state index contributed by atoms with van der Waals surface area (Å²) in [6, 6.07) is 0.121. The van der Waals surface area contributed by atoms with Gasteiger partial charge in [0.2, 0.25) is 0 Å². The number of thiol groups is 1. The van der Waals surface area contributed by atoms with Crippen molar-refractivity contribution in [3.63, 3.8) is 0 Å². The molecule has 7 nitrogen and oxygen atoms in total. The Morgan fingerprint density at radius 2 is 1.81 bits per heavy atom. The lowest BCUT2D eigenvalue weighted by Crippen LogP contribution is -2.33. The molecule has 0 radical (unpaired) electrons. The molecule has 1 aliphatic heterocycles. The topological polar surface area (TPSA) is 99.4 Å². The molecule has 2 N–H and O–H groups in total. The third-order valence-electron chi connectivity index (χ3n) is 8.85. The summed E-state index contributed by atoms with van der Waals surface area (Å²) < 4.78 is 12.1. The van der Waals surface area contributed by atoms with Crippen LogP contribution in [0.5, 0.6) is 0 Å². The second-order valence-electron chi connectivity index (χ2n) is 13.3. The number of piperidine rings is 1. The largest absolute Gasteiger partial charge is 0.465 e. The van der Waals surface area contributed by atoms with Crippen molar-refractivity contribution in [3.8, 4) is 0 Å². The van der Waals surface area contributed by atoms with Gasteiger partial charge in [-0.25, -0.2) is 5.01 Å². The maximum atomic E-state index is 11.2. The van der Waals surface area contributed by atoms with Crippen molar-refractivity contribution < 1.29 is 19.2 Å². The molecule has 0 aromatic carbocycles. The minimum absolute atomic E-state index is 0.000679. The minimum atomic E-state index is -0.000679. The Kier molecular flexibility index (Phi) is 21.6. The number of aliphatic hydroxyl groups is 1. The Morgan fingerprint density at radius 1 is 1.19 bits per heavy atom. The summed E-state index contributed by atoms with van der Waals surface area (Å²) in [5, 5.41) is 12.6. The van der Waals surface area contributed by atoms with Gasteiger partial charge in [0, 0.05) is 6.61 Å². The van der Waals surface area contributed by atoms with Gasteiger partial charge in [0.1, 0.15) is 6.10 Å². The van der Waals surface area contributed by atoms with Crippen molar-refractivity contribution in [2.24, 2.45) is 28.5 Å². The Morgan fingerprint density at radius 3 is 2.35 bits per heavy atom. The van der Waals surface area contributed by atoms with Crippen molar-refractivity contribution in [1.29, 1.82) is 0 Å². The average Bonchev–Trinajstić information content (AvgIpc) is 3.31. The van der Waals surface area contributed by atoms with E-state index in [-0.39, 0.29) is 12.1 Å². The molecule has 0 spiro atoms. The fraction of sp³-hybridized carbons (Fsp3) is 0.743. The molecule has 3 aliphatic rings. The molecule has 2 saturated carbocycles. The quantitative estimate of drug-likeness (QED) is 0.0697. The number of nitrogens with zero attached hydrogens (tertiary/aromatic N) is 2. The number of rotatable bonds is 11. The molecule has 1 saturated heterocycles. The van der Waals surface area contributed by atoms with E-state index in [1.165, 1.54) is 30.7 Å². The number of aliphatic hydroxyl groups excluding tert-OH is 1. The van der Waals surface area contributed by atoms with Crippen LogP contribution in [0.2, 0.25) is 0 Å². The molecule has 5 atom stereocenters. The summed E-state index contributed by atoms with van der Waals surface area (Å²) >= 11 is 2.53. The number of fused-ring (bicyclic) bond motifs is 1. The number of nitroso groups, excluding NO2 is 1. The number of carbonyl (C=O) groups excluding carboxylic acids is 1. The maximum Gasteiger partial charge on any atom is 0.293 e. The van der Waals surface area contributed by atoms with E-state index in [0.29, 0.717) is 30.3 Å². The van der Waals surface area contributed by atoms with E-state index in [0.717, 1.165) is 74.1 Å². The molecule has 0 aromatic heterocycles. The first-order valence-corrected chi connectivity index (χ1v) is 16.6. The molecular weight excluding hydrogens is 560 g/mol. The van der Waals surface area contributed by atoms with Crippen LogP contribution in [0.15, 0.2) is 53.0 Å². The lowest BCUT2D eigenvalue weighted by atomic mass is 9.62. The normalized spacial score (nSPS) is 27.1. The lowest BCUT2D eigenvalue weighted by molar-refractivity contribution is -0.134. The number of hydrogen-bond donors (Lipinski definition) is 3. The van der Waals surface area contributed by atoms with E-state index in [2.05, 4.69) is 71.2 Å². The number of carbonyl (C=O) groups is 1. The molecule has 1 heterocycles. The zero-order valence-electron chi connectivity index (χ0n) is 28.2. The van der Waals surface area contributed by atoms with Gasteiger partial charge >= 0.3 is 0 Å². The van der Waals surface area contributed by atoms with Crippen LogP contribution >= 0.6 is 12.9 Å². The summed E-state index contributed by atoms with van der Waals surface area (Å²) in [6.07, 6.45) is 17.3. The zero-order valence-corrected chi connectivity index (χ0v) is 29.1. The number of allylic oxidation sites excluding steroid dienone is 5. The van der Waals surface area contributed by atoms with Crippen LogP contribution in [0, 0.1) is 28.1 Å². The highest BCUT2D eigenvalue weighted by atomic mass is 32.1. The molecule has 248 valence electrons. The fourth-order valence-electron chi connectivity index (χ4n) is 6.53. The van der Waals surface area contributed by atoms with Crippen molar-refractivity contribution in [3.05, 3.63) is 52.6 Å². The van der Waals surface area contributed by atoms with Gasteiger partial charge in [0.15, 0.2) is 0 Å². The highest BCUT2D eigenvalue weighted by Crippen LogP contribution is 2.58. The van der Waals surface area contributed by atoms with Crippen LogP contribution in [0.3, 0.4) is 0 Å². The predicted octanol–water partition coefficient (Wildman–Crippen LogP) is 9.85. The summed E-state index contributed by atoms with van der Waals surface area (Å²) in [5.74, 6) is 2.12. The van der Waals surface area contributed by atoms with E-state index in [9.17, 15) is 9.70 Å². The highest BCUT2D eigenvalue weighted by Gasteiger charge is 2.48. The van der Waals surface area contributed by atoms with Gasteiger partial charge in [0.05, 0.1) is 17.0 Å². The van der Waals surface area contributed by atoms with Gasteiger partial charge in [-0.2, -0.15) is 0 Å².